The third-order valence-electron chi connectivity index (χ3n) is 6.24. The molecule has 4 rings (SSSR count). The fraction of sp³-hybridized carbons (Fsp3) is 0.435. The van der Waals surface area contributed by atoms with Gasteiger partial charge in [0.25, 0.3) is 5.91 Å². The van der Waals surface area contributed by atoms with E-state index in [0.717, 1.165) is 37.7 Å². The number of aryl methyl sites for hydroxylation is 1. The number of sulfonamides is 1. The molecule has 2 aliphatic rings. The molecule has 0 aromatic heterocycles. The molecule has 1 N–H and O–H groups in total. The molecule has 1 fully saturated rings. The summed E-state index contributed by atoms with van der Waals surface area (Å²) in [6.07, 6.45) is 4.55. The number of fused-ring (bicyclic) bond motifs is 1. The number of hydrogen-bond acceptors (Lipinski definition) is 3. The summed E-state index contributed by atoms with van der Waals surface area (Å²) in [5, 5.41) is 3.32. The van der Waals surface area contributed by atoms with Crippen molar-refractivity contribution >= 4 is 27.5 Å². The number of amides is 1. The topological polar surface area (TPSA) is 66.5 Å². The first-order valence-electron chi connectivity index (χ1n) is 10.5. The molecule has 5 nitrogen and oxygen atoms in total. The first kappa shape index (κ1) is 21.3. The number of piperidine rings is 1. The van der Waals surface area contributed by atoms with Crippen LogP contribution in [0.25, 0.3) is 0 Å². The Kier molecular flexibility index (Phi) is 6.19. The van der Waals surface area contributed by atoms with Crippen LogP contribution in [0.3, 0.4) is 0 Å². The molecule has 1 saturated heterocycles. The summed E-state index contributed by atoms with van der Waals surface area (Å²) < 4.78 is 27.7. The SMILES string of the molecule is CC1CCN(S(=O)(=O)c2ccc(Cl)c(C(=O)N[C@@H]3CCCc4ccccc43)c2)CC1. The van der Waals surface area contributed by atoms with Crippen molar-refractivity contribution in [3.05, 3.63) is 64.2 Å². The molecular weight excluding hydrogens is 420 g/mol. The van der Waals surface area contributed by atoms with Gasteiger partial charge < -0.3 is 5.32 Å². The second-order valence-corrected chi connectivity index (χ2v) is 10.7. The van der Waals surface area contributed by atoms with Crippen LogP contribution in [0, 0.1) is 5.92 Å². The number of halogens is 1. The molecule has 30 heavy (non-hydrogen) atoms. The van der Waals surface area contributed by atoms with E-state index in [1.54, 1.807) is 0 Å². The van der Waals surface area contributed by atoms with Crippen LogP contribution in [-0.4, -0.2) is 31.7 Å². The smallest absolute Gasteiger partial charge is 0.253 e. The van der Waals surface area contributed by atoms with Crippen molar-refractivity contribution in [3.8, 4) is 0 Å². The molecule has 1 atom stereocenters. The van der Waals surface area contributed by atoms with Crippen molar-refractivity contribution in [1.29, 1.82) is 0 Å². The maximum atomic E-state index is 13.1. The normalized spacial score (nSPS) is 20.5. The summed E-state index contributed by atoms with van der Waals surface area (Å²) >= 11 is 6.29. The number of nitrogens with zero attached hydrogens (tertiary/aromatic N) is 1. The van der Waals surface area contributed by atoms with E-state index >= 15 is 0 Å². The molecule has 1 aliphatic carbocycles. The molecule has 1 amide bonds. The van der Waals surface area contributed by atoms with Gasteiger partial charge in [-0.05, 0) is 67.3 Å². The minimum atomic E-state index is -3.65. The monoisotopic (exact) mass is 446 g/mol. The lowest BCUT2D eigenvalue weighted by molar-refractivity contribution is 0.0932. The third-order valence-corrected chi connectivity index (χ3v) is 8.46. The quantitative estimate of drug-likeness (QED) is 0.748. The van der Waals surface area contributed by atoms with E-state index in [1.807, 2.05) is 18.2 Å². The number of hydrogen-bond donors (Lipinski definition) is 1. The van der Waals surface area contributed by atoms with Gasteiger partial charge in [-0.3, -0.25) is 4.79 Å². The van der Waals surface area contributed by atoms with Crippen LogP contribution in [0.4, 0.5) is 0 Å². The van der Waals surface area contributed by atoms with Crippen molar-refractivity contribution in [2.24, 2.45) is 5.92 Å². The van der Waals surface area contributed by atoms with E-state index in [9.17, 15) is 13.2 Å². The van der Waals surface area contributed by atoms with Crippen molar-refractivity contribution < 1.29 is 13.2 Å². The van der Waals surface area contributed by atoms with Crippen LogP contribution in [-0.2, 0) is 16.4 Å². The van der Waals surface area contributed by atoms with Crippen LogP contribution < -0.4 is 5.32 Å². The van der Waals surface area contributed by atoms with Crippen molar-refractivity contribution in [1.82, 2.24) is 9.62 Å². The van der Waals surface area contributed by atoms with Gasteiger partial charge in [0.15, 0.2) is 0 Å². The fourth-order valence-electron chi connectivity index (χ4n) is 4.35. The molecule has 0 bridgehead atoms. The minimum Gasteiger partial charge on any atom is -0.345 e. The molecule has 1 aliphatic heterocycles. The molecule has 0 saturated carbocycles. The van der Waals surface area contributed by atoms with Crippen molar-refractivity contribution in [2.45, 2.75) is 50.0 Å². The van der Waals surface area contributed by atoms with Gasteiger partial charge in [0.2, 0.25) is 10.0 Å². The second kappa shape index (κ2) is 8.69. The Bertz CT molecular complexity index is 1050. The summed E-state index contributed by atoms with van der Waals surface area (Å²) in [6, 6.07) is 12.4. The summed E-state index contributed by atoms with van der Waals surface area (Å²) in [4.78, 5) is 13.2. The molecule has 1 heterocycles. The Morgan fingerprint density at radius 3 is 2.60 bits per heavy atom. The summed E-state index contributed by atoms with van der Waals surface area (Å²) in [7, 11) is -3.65. The Labute approximate surface area is 183 Å². The molecule has 7 heteroatoms. The van der Waals surface area contributed by atoms with Gasteiger partial charge >= 0.3 is 0 Å². The van der Waals surface area contributed by atoms with E-state index in [-0.39, 0.29) is 27.4 Å². The van der Waals surface area contributed by atoms with E-state index < -0.39 is 10.0 Å². The largest absolute Gasteiger partial charge is 0.345 e. The zero-order valence-electron chi connectivity index (χ0n) is 17.1. The van der Waals surface area contributed by atoms with Gasteiger partial charge in [0.1, 0.15) is 0 Å². The van der Waals surface area contributed by atoms with Crippen LogP contribution in [0.15, 0.2) is 47.4 Å². The van der Waals surface area contributed by atoms with Gasteiger partial charge in [-0.2, -0.15) is 4.31 Å². The van der Waals surface area contributed by atoms with E-state index in [1.165, 1.54) is 28.1 Å². The van der Waals surface area contributed by atoms with Gasteiger partial charge in [0, 0.05) is 13.1 Å². The number of nitrogens with one attached hydrogen (secondary N) is 1. The van der Waals surface area contributed by atoms with Crippen LogP contribution in [0.2, 0.25) is 5.02 Å². The fourth-order valence-corrected chi connectivity index (χ4v) is 6.05. The zero-order chi connectivity index (χ0) is 21.3. The maximum Gasteiger partial charge on any atom is 0.253 e. The zero-order valence-corrected chi connectivity index (χ0v) is 18.7. The van der Waals surface area contributed by atoms with E-state index in [2.05, 4.69) is 18.3 Å². The summed E-state index contributed by atoms with van der Waals surface area (Å²) in [6.45, 7) is 3.15. The third kappa shape index (κ3) is 4.27. The first-order chi connectivity index (χ1) is 14.4. The Balaban J connectivity index is 1.57. The van der Waals surface area contributed by atoms with Gasteiger partial charge in [0.05, 0.1) is 21.5 Å². The van der Waals surface area contributed by atoms with Gasteiger partial charge in [-0.25, -0.2) is 8.42 Å². The molecule has 0 radical (unpaired) electrons. The molecule has 2 aromatic rings. The Hall–Kier alpha value is -1.89. The summed E-state index contributed by atoms with van der Waals surface area (Å²) in [5.74, 6) is 0.187. The maximum absolute atomic E-state index is 13.1. The highest BCUT2D eigenvalue weighted by Gasteiger charge is 2.30. The number of rotatable bonds is 4. The summed E-state index contributed by atoms with van der Waals surface area (Å²) in [5.41, 5.74) is 2.57. The van der Waals surface area contributed by atoms with Crippen molar-refractivity contribution in [3.63, 3.8) is 0 Å². The van der Waals surface area contributed by atoms with Crippen molar-refractivity contribution in [2.75, 3.05) is 13.1 Å². The highest BCUT2D eigenvalue weighted by Crippen LogP contribution is 2.31. The predicted molar refractivity (Wildman–Crippen MR) is 118 cm³/mol. The average molecular weight is 447 g/mol. The van der Waals surface area contributed by atoms with Crippen LogP contribution >= 0.6 is 11.6 Å². The van der Waals surface area contributed by atoms with E-state index in [0.29, 0.717) is 19.0 Å². The standard InChI is InChI=1S/C23H27ClN2O3S/c1-16-11-13-26(14-12-16)30(28,29)18-9-10-21(24)20(15-18)23(27)25-22-8-4-6-17-5-2-3-7-19(17)22/h2-3,5,7,9-10,15-16,22H,4,6,8,11-14H2,1H3,(H,25,27)/t22-/m1/s1. The number of benzene rings is 2. The minimum absolute atomic E-state index is 0.0950. The first-order valence-corrected chi connectivity index (χ1v) is 12.4. The lowest BCUT2D eigenvalue weighted by atomic mass is 9.87. The molecule has 160 valence electrons. The van der Waals surface area contributed by atoms with Crippen LogP contribution in [0.5, 0.6) is 0 Å². The van der Waals surface area contributed by atoms with Gasteiger partial charge in [-0.15, -0.1) is 0 Å². The number of carbonyl (C=O) groups excluding carboxylic acids is 1. The molecular formula is C23H27ClN2O3S. The second-order valence-electron chi connectivity index (χ2n) is 8.35. The Morgan fingerprint density at radius 1 is 1.10 bits per heavy atom. The highest BCUT2D eigenvalue weighted by molar-refractivity contribution is 7.89. The van der Waals surface area contributed by atoms with E-state index in [4.69, 9.17) is 11.6 Å². The lowest BCUT2D eigenvalue weighted by Gasteiger charge is -2.29. The molecule has 0 spiro atoms. The lowest BCUT2D eigenvalue weighted by Crippen LogP contribution is -2.38. The molecule has 0 unspecified atom stereocenters. The predicted octanol–water partition coefficient (Wildman–Crippen LogP) is 4.57. The van der Waals surface area contributed by atoms with Gasteiger partial charge in [-0.1, -0.05) is 42.8 Å². The number of carbonyl (C=O) groups is 1. The molecule has 2 aromatic carbocycles. The average Bonchev–Trinajstić information content (AvgIpc) is 2.74. The highest BCUT2D eigenvalue weighted by atomic mass is 35.5. The Morgan fingerprint density at radius 2 is 1.83 bits per heavy atom. The van der Waals surface area contributed by atoms with Crippen LogP contribution in [0.1, 0.15) is 60.1 Å².